The number of nitrogens with one attached hydrogen (secondary N) is 1. The lowest BCUT2D eigenvalue weighted by Gasteiger charge is -2.15. The number of nitro groups is 1. The third-order valence-corrected chi connectivity index (χ3v) is 5.64. The number of para-hydroxylation sites is 1. The van der Waals surface area contributed by atoms with Crippen molar-refractivity contribution in [2.75, 3.05) is 19.0 Å². The molecule has 0 bridgehead atoms. The van der Waals surface area contributed by atoms with Gasteiger partial charge in [0.05, 0.1) is 40.4 Å². The molecule has 0 unspecified atom stereocenters. The lowest BCUT2D eigenvalue weighted by atomic mass is 10.1. The van der Waals surface area contributed by atoms with Crippen LogP contribution in [0.5, 0.6) is 17.2 Å². The Labute approximate surface area is 224 Å². The van der Waals surface area contributed by atoms with Gasteiger partial charge in [-0.05, 0) is 31.2 Å². The molecular formula is C26H22Cl2N4O5. The van der Waals surface area contributed by atoms with Gasteiger partial charge in [-0.2, -0.15) is 5.26 Å². The van der Waals surface area contributed by atoms with E-state index >= 15 is 0 Å². The minimum Gasteiger partial charge on any atom is -0.496 e. The summed E-state index contributed by atoms with van der Waals surface area (Å²) < 4.78 is 16.6. The fourth-order valence-corrected chi connectivity index (χ4v) is 3.89. The highest BCUT2D eigenvalue weighted by Gasteiger charge is 2.20. The molecule has 0 aliphatic rings. The highest BCUT2D eigenvalue weighted by molar-refractivity contribution is 6.32. The topological polar surface area (TPSA) is 120 Å². The Morgan fingerprint density at radius 3 is 2.57 bits per heavy atom. The molecule has 0 spiro atoms. The van der Waals surface area contributed by atoms with Crippen LogP contribution in [0.3, 0.4) is 0 Å². The van der Waals surface area contributed by atoms with Crippen molar-refractivity contribution in [3.05, 3.63) is 87.1 Å². The number of hydrogen-bond donors (Lipinski definition) is 1. The highest BCUT2D eigenvalue weighted by Crippen LogP contribution is 2.38. The second kappa shape index (κ2) is 12.1. The maximum atomic E-state index is 11.6. The lowest BCUT2D eigenvalue weighted by Crippen LogP contribution is -2.01. The number of fused-ring (bicyclic) bond motifs is 1. The molecule has 0 atom stereocenters. The number of halogens is 2. The Morgan fingerprint density at radius 2 is 1.89 bits per heavy atom. The number of benzene rings is 3. The second-order valence-electron chi connectivity index (χ2n) is 7.56. The summed E-state index contributed by atoms with van der Waals surface area (Å²) in [7, 11) is 1.59. The van der Waals surface area contributed by atoms with Crippen LogP contribution < -0.4 is 19.5 Å². The van der Waals surface area contributed by atoms with E-state index in [0.29, 0.717) is 38.8 Å². The third-order valence-electron chi connectivity index (χ3n) is 5.34. The SMILES string of the molecule is CCOc1cc2ncc(C#N)c(Nc3ccc(OCc4ccccc4OC)c(Cl)c3)c2cc1[N+](=O)[O-].Cl. The second-order valence-corrected chi connectivity index (χ2v) is 7.96. The first-order valence-corrected chi connectivity index (χ1v) is 11.3. The molecule has 0 saturated carbocycles. The van der Waals surface area contributed by atoms with Gasteiger partial charge in [-0.15, -0.1) is 12.4 Å². The van der Waals surface area contributed by atoms with E-state index in [9.17, 15) is 15.4 Å². The Bertz CT molecular complexity index is 1490. The van der Waals surface area contributed by atoms with Gasteiger partial charge in [0.15, 0.2) is 5.75 Å². The highest BCUT2D eigenvalue weighted by atomic mass is 35.5. The summed E-state index contributed by atoms with van der Waals surface area (Å²) in [6, 6.07) is 17.5. The van der Waals surface area contributed by atoms with Crippen LogP contribution in [0.25, 0.3) is 10.9 Å². The minimum atomic E-state index is -0.530. The number of nitriles is 1. The van der Waals surface area contributed by atoms with Crippen LogP contribution in [0.15, 0.2) is 60.8 Å². The largest absolute Gasteiger partial charge is 0.496 e. The van der Waals surface area contributed by atoms with E-state index in [-0.39, 0.29) is 42.6 Å². The number of nitrogens with zero attached hydrogens (tertiary/aromatic N) is 3. The first-order chi connectivity index (χ1) is 17.4. The van der Waals surface area contributed by atoms with Gasteiger partial charge < -0.3 is 19.5 Å². The average Bonchev–Trinajstić information content (AvgIpc) is 2.88. The fourth-order valence-electron chi connectivity index (χ4n) is 3.66. The Hall–Kier alpha value is -4.26. The Morgan fingerprint density at radius 1 is 1.11 bits per heavy atom. The molecule has 9 nitrogen and oxygen atoms in total. The van der Waals surface area contributed by atoms with Crippen molar-refractivity contribution in [3.8, 4) is 23.3 Å². The van der Waals surface area contributed by atoms with Gasteiger partial charge in [0.25, 0.3) is 0 Å². The molecule has 11 heteroatoms. The summed E-state index contributed by atoms with van der Waals surface area (Å²) in [5.74, 6) is 1.28. The van der Waals surface area contributed by atoms with Crippen LogP contribution in [0.2, 0.25) is 5.02 Å². The number of aromatic nitrogens is 1. The normalized spacial score (nSPS) is 10.2. The monoisotopic (exact) mass is 540 g/mol. The van der Waals surface area contributed by atoms with Crippen molar-refractivity contribution >= 4 is 52.0 Å². The summed E-state index contributed by atoms with van der Waals surface area (Å²) >= 11 is 6.47. The molecule has 0 radical (unpaired) electrons. The van der Waals surface area contributed by atoms with Crippen LogP contribution in [0.4, 0.5) is 17.1 Å². The number of methoxy groups -OCH3 is 1. The standard InChI is InChI=1S/C26H21ClN4O5.ClH/c1-3-35-25-12-21-19(11-22(25)31(32)33)26(17(13-28)14-29-21)30-18-8-9-24(20(27)10-18)36-15-16-6-4-5-7-23(16)34-2;/h4-12,14H,3,15H2,1-2H3,(H,29,30);1H. The van der Waals surface area contributed by atoms with Crippen LogP contribution in [-0.4, -0.2) is 23.6 Å². The number of pyridine rings is 1. The summed E-state index contributed by atoms with van der Waals surface area (Å²) in [6.07, 6.45) is 1.40. The van der Waals surface area contributed by atoms with Gasteiger partial charge in [0, 0.05) is 35.0 Å². The molecule has 0 saturated heterocycles. The van der Waals surface area contributed by atoms with E-state index in [1.165, 1.54) is 18.3 Å². The molecule has 1 heterocycles. The van der Waals surface area contributed by atoms with Crippen molar-refractivity contribution < 1.29 is 19.1 Å². The fraction of sp³-hybridized carbons (Fsp3) is 0.154. The third kappa shape index (κ3) is 5.94. The molecule has 3 aromatic carbocycles. The summed E-state index contributed by atoms with van der Waals surface area (Å²) in [5.41, 5.74) is 2.23. The smallest absolute Gasteiger partial charge is 0.311 e. The van der Waals surface area contributed by atoms with E-state index < -0.39 is 4.92 Å². The summed E-state index contributed by atoms with van der Waals surface area (Å²) in [5, 5.41) is 25.2. The Kier molecular flexibility index (Phi) is 8.95. The number of ether oxygens (including phenoxy) is 3. The van der Waals surface area contributed by atoms with Crippen LogP contribution in [-0.2, 0) is 6.61 Å². The van der Waals surface area contributed by atoms with Crippen molar-refractivity contribution in [2.45, 2.75) is 13.5 Å². The van der Waals surface area contributed by atoms with E-state index in [2.05, 4.69) is 16.4 Å². The van der Waals surface area contributed by atoms with E-state index in [1.54, 1.807) is 32.2 Å². The zero-order valence-electron chi connectivity index (χ0n) is 19.9. The number of hydrogen-bond acceptors (Lipinski definition) is 8. The quantitative estimate of drug-likeness (QED) is 0.181. The lowest BCUT2D eigenvalue weighted by molar-refractivity contribution is -0.385. The average molecular weight is 541 g/mol. The first kappa shape index (κ1) is 27.3. The van der Waals surface area contributed by atoms with Crippen molar-refractivity contribution in [1.29, 1.82) is 5.26 Å². The van der Waals surface area contributed by atoms with Crippen molar-refractivity contribution in [1.82, 2.24) is 4.98 Å². The number of anilines is 2. The maximum absolute atomic E-state index is 11.6. The molecular weight excluding hydrogens is 519 g/mol. The first-order valence-electron chi connectivity index (χ1n) is 10.9. The molecule has 37 heavy (non-hydrogen) atoms. The van der Waals surface area contributed by atoms with E-state index in [1.807, 2.05) is 24.3 Å². The van der Waals surface area contributed by atoms with Gasteiger partial charge in [-0.1, -0.05) is 29.8 Å². The molecule has 4 rings (SSSR count). The van der Waals surface area contributed by atoms with Crippen molar-refractivity contribution in [2.24, 2.45) is 0 Å². The summed E-state index contributed by atoms with van der Waals surface area (Å²) in [4.78, 5) is 15.4. The maximum Gasteiger partial charge on any atom is 0.311 e. The van der Waals surface area contributed by atoms with Crippen LogP contribution >= 0.6 is 24.0 Å². The van der Waals surface area contributed by atoms with Crippen LogP contribution in [0.1, 0.15) is 18.1 Å². The molecule has 0 amide bonds. The Balaban J connectivity index is 0.00000380. The zero-order chi connectivity index (χ0) is 25.7. The molecule has 1 aromatic heterocycles. The van der Waals surface area contributed by atoms with Gasteiger partial charge >= 0.3 is 5.69 Å². The zero-order valence-corrected chi connectivity index (χ0v) is 21.4. The van der Waals surface area contributed by atoms with E-state index in [0.717, 1.165) is 5.56 Å². The molecule has 1 N–H and O–H groups in total. The predicted molar refractivity (Wildman–Crippen MR) is 144 cm³/mol. The predicted octanol–water partition coefficient (Wildman–Crippen LogP) is 6.82. The molecule has 0 aliphatic heterocycles. The number of rotatable bonds is 9. The van der Waals surface area contributed by atoms with Gasteiger partial charge in [0.1, 0.15) is 24.2 Å². The van der Waals surface area contributed by atoms with Gasteiger partial charge in [-0.25, -0.2) is 0 Å². The van der Waals surface area contributed by atoms with Crippen LogP contribution in [0, 0.1) is 21.4 Å². The molecule has 190 valence electrons. The van der Waals surface area contributed by atoms with E-state index in [4.69, 9.17) is 25.8 Å². The van der Waals surface area contributed by atoms with Gasteiger partial charge in [0.2, 0.25) is 0 Å². The van der Waals surface area contributed by atoms with Crippen molar-refractivity contribution in [3.63, 3.8) is 0 Å². The molecule has 0 fully saturated rings. The summed E-state index contributed by atoms with van der Waals surface area (Å²) in [6.45, 7) is 2.26. The minimum absolute atomic E-state index is 0. The molecule has 0 aliphatic carbocycles. The molecule has 4 aromatic rings. The van der Waals surface area contributed by atoms with Gasteiger partial charge in [-0.3, -0.25) is 15.1 Å². The number of nitro benzene ring substituents is 1.